The molecule has 0 bridgehead atoms. The van der Waals surface area contributed by atoms with Gasteiger partial charge in [0.05, 0.1) is 0 Å². The van der Waals surface area contributed by atoms with E-state index in [2.05, 4.69) is 60.3 Å². The molecule has 0 aliphatic carbocycles. The second-order valence-electron chi connectivity index (χ2n) is 7.23. The third-order valence-electron chi connectivity index (χ3n) is 3.73. The molecule has 0 aliphatic heterocycles. The molecule has 2 atom stereocenters. The zero-order chi connectivity index (χ0) is 14.5. The second kappa shape index (κ2) is 7.49. The van der Waals surface area contributed by atoms with E-state index in [1.165, 1.54) is 12.8 Å². The van der Waals surface area contributed by atoms with E-state index in [1.54, 1.807) is 0 Å². The van der Waals surface area contributed by atoms with Crippen LogP contribution in [0.4, 0.5) is 0 Å². The topological polar surface area (TPSA) is 29.3 Å². The lowest BCUT2D eigenvalue weighted by molar-refractivity contribution is 0.0306. The Balaban J connectivity index is 5.22. The van der Waals surface area contributed by atoms with Gasteiger partial charge in [0, 0.05) is 24.7 Å². The zero-order valence-corrected chi connectivity index (χ0v) is 14.0. The van der Waals surface area contributed by atoms with Crippen LogP contribution in [0.3, 0.4) is 0 Å². The van der Waals surface area contributed by atoms with E-state index in [-0.39, 0.29) is 11.5 Å². The Hall–Kier alpha value is -0.0800. The van der Waals surface area contributed by atoms with Gasteiger partial charge in [-0.25, -0.2) is 0 Å². The van der Waals surface area contributed by atoms with E-state index in [0.717, 1.165) is 6.54 Å². The molecule has 0 aromatic heterocycles. The summed E-state index contributed by atoms with van der Waals surface area (Å²) in [4.78, 5) is 2.68. The summed E-state index contributed by atoms with van der Waals surface area (Å²) in [6, 6.07) is 1.32. The summed E-state index contributed by atoms with van der Waals surface area (Å²) in [7, 11) is 0. The van der Waals surface area contributed by atoms with Crippen molar-refractivity contribution in [1.29, 1.82) is 0 Å². The highest BCUT2D eigenvalue weighted by Gasteiger charge is 2.36. The van der Waals surface area contributed by atoms with Crippen molar-refractivity contribution in [2.45, 2.75) is 86.4 Å². The van der Waals surface area contributed by atoms with Gasteiger partial charge in [0.25, 0.3) is 0 Å². The van der Waals surface area contributed by atoms with Gasteiger partial charge in [-0.1, -0.05) is 48.5 Å². The highest BCUT2D eigenvalue weighted by Crippen LogP contribution is 2.30. The number of nitrogens with zero attached hydrogens (tertiary/aromatic N) is 1. The Bertz CT molecular complexity index is 212. The summed E-state index contributed by atoms with van der Waals surface area (Å²) in [5.74, 6) is 0.689. The molecular weight excluding hydrogens is 220 g/mol. The van der Waals surface area contributed by atoms with E-state index >= 15 is 0 Å². The average molecular weight is 256 g/mol. The molecule has 2 nitrogen and oxygen atoms in total. The van der Waals surface area contributed by atoms with Crippen molar-refractivity contribution in [3.8, 4) is 0 Å². The normalized spacial score (nSPS) is 16.7. The smallest absolute Gasteiger partial charge is 0.0295 e. The lowest BCUT2D eigenvalue weighted by Crippen LogP contribution is -2.57. The molecule has 110 valence electrons. The van der Waals surface area contributed by atoms with Crippen molar-refractivity contribution in [2.75, 3.05) is 6.54 Å². The number of hydrogen-bond donors (Lipinski definition) is 1. The van der Waals surface area contributed by atoms with Gasteiger partial charge < -0.3 is 5.73 Å². The van der Waals surface area contributed by atoms with Gasteiger partial charge in [-0.15, -0.1) is 0 Å². The average Bonchev–Trinajstić information content (AvgIpc) is 2.15. The van der Waals surface area contributed by atoms with Crippen molar-refractivity contribution < 1.29 is 0 Å². The van der Waals surface area contributed by atoms with Crippen LogP contribution in [-0.2, 0) is 0 Å². The Morgan fingerprint density at radius 2 is 1.44 bits per heavy atom. The van der Waals surface area contributed by atoms with Crippen LogP contribution >= 0.6 is 0 Å². The van der Waals surface area contributed by atoms with Gasteiger partial charge in [-0.05, 0) is 31.1 Å². The van der Waals surface area contributed by atoms with Crippen LogP contribution < -0.4 is 5.73 Å². The summed E-state index contributed by atoms with van der Waals surface area (Å²) in [6.07, 6.45) is 2.42. The molecule has 0 heterocycles. The lowest BCUT2D eigenvalue weighted by Gasteiger charge is -2.47. The molecule has 0 aliphatic rings. The first kappa shape index (κ1) is 17.9. The molecule has 0 fully saturated rings. The first-order valence-corrected chi connectivity index (χ1v) is 7.66. The molecule has 0 aromatic rings. The fourth-order valence-electron chi connectivity index (χ4n) is 3.26. The van der Waals surface area contributed by atoms with Gasteiger partial charge in [-0.3, -0.25) is 4.90 Å². The molecule has 18 heavy (non-hydrogen) atoms. The predicted molar refractivity (Wildman–Crippen MR) is 82.8 cm³/mol. The SMILES string of the molecule is CCC(CC)N(CC(C)C)C(C(C)N)C(C)(C)C. The van der Waals surface area contributed by atoms with Gasteiger partial charge in [0.1, 0.15) is 0 Å². The quantitative estimate of drug-likeness (QED) is 0.748. The predicted octanol–water partition coefficient (Wildman–Crippen LogP) is 3.89. The van der Waals surface area contributed by atoms with Gasteiger partial charge in [0.15, 0.2) is 0 Å². The summed E-state index contributed by atoms with van der Waals surface area (Å²) < 4.78 is 0. The summed E-state index contributed by atoms with van der Waals surface area (Å²) in [6.45, 7) is 19.4. The van der Waals surface area contributed by atoms with Gasteiger partial charge in [-0.2, -0.15) is 0 Å². The number of rotatable bonds is 7. The van der Waals surface area contributed by atoms with Crippen LogP contribution in [0.15, 0.2) is 0 Å². The highest BCUT2D eigenvalue weighted by molar-refractivity contribution is 4.92. The van der Waals surface area contributed by atoms with Crippen LogP contribution in [0.5, 0.6) is 0 Å². The maximum atomic E-state index is 6.30. The molecule has 0 saturated heterocycles. The van der Waals surface area contributed by atoms with Crippen LogP contribution in [-0.4, -0.2) is 29.6 Å². The fourth-order valence-corrected chi connectivity index (χ4v) is 3.26. The Kier molecular flexibility index (Phi) is 7.46. The molecular formula is C16H36N2. The van der Waals surface area contributed by atoms with Gasteiger partial charge in [0.2, 0.25) is 0 Å². The van der Waals surface area contributed by atoms with E-state index < -0.39 is 0 Å². The zero-order valence-electron chi connectivity index (χ0n) is 14.0. The molecule has 0 spiro atoms. The Labute approximate surface area is 115 Å². The molecule has 0 saturated carbocycles. The van der Waals surface area contributed by atoms with Crippen molar-refractivity contribution in [2.24, 2.45) is 17.1 Å². The number of hydrogen-bond acceptors (Lipinski definition) is 2. The van der Waals surface area contributed by atoms with Gasteiger partial charge >= 0.3 is 0 Å². The van der Waals surface area contributed by atoms with Crippen LogP contribution in [0.25, 0.3) is 0 Å². The van der Waals surface area contributed by atoms with E-state index in [1.807, 2.05) is 0 Å². The second-order valence-corrected chi connectivity index (χ2v) is 7.23. The van der Waals surface area contributed by atoms with Crippen molar-refractivity contribution in [3.63, 3.8) is 0 Å². The first-order valence-electron chi connectivity index (χ1n) is 7.66. The summed E-state index contributed by atoms with van der Waals surface area (Å²) >= 11 is 0. The first-order chi connectivity index (χ1) is 8.15. The number of nitrogens with two attached hydrogens (primary N) is 1. The van der Waals surface area contributed by atoms with Crippen LogP contribution in [0.2, 0.25) is 0 Å². The van der Waals surface area contributed by atoms with E-state index in [4.69, 9.17) is 5.73 Å². The highest BCUT2D eigenvalue weighted by atomic mass is 15.2. The third-order valence-corrected chi connectivity index (χ3v) is 3.73. The molecule has 2 unspecified atom stereocenters. The minimum atomic E-state index is 0.212. The van der Waals surface area contributed by atoms with Crippen LogP contribution in [0, 0.1) is 11.3 Å². The fraction of sp³-hybridized carbons (Fsp3) is 1.00. The van der Waals surface area contributed by atoms with E-state index in [0.29, 0.717) is 18.0 Å². The maximum Gasteiger partial charge on any atom is 0.0295 e. The van der Waals surface area contributed by atoms with Crippen molar-refractivity contribution in [3.05, 3.63) is 0 Å². The standard InChI is InChI=1S/C16H36N2/c1-9-14(10-2)18(11-12(3)4)15(13(5)17)16(6,7)8/h12-15H,9-11,17H2,1-8H3. The molecule has 0 radical (unpaired) electrons. The van der Waals surface area contributed by atoms with Crippen LogP contribution in [0.1, 0.15) is 68.2 Å². The molecule has 0 aromatic carbocycles. The summed E-state index contributed by atoms with van der Waals surface area (Å²) in [5, 5.41) is 0. The Morgan fingerprint density at radius 3 is 1.67 bits per heavy atom. The molecule has 2 N–H and O–H groups in total. The lowest BCUT2D eigenvalue weighted by atomic mass is 9.80. The minimum absolute atomic E-state index is 0.212. The minimum Gasteiger partial charge on any atom is -0.327 e. The molecule has 0 rings (SSSR count). The summed E-state index contributed by atoms with van der Waals surface area (Å²) in [5.41, 5.74) is 6.53. The third kappa shape index (κ3) is 5.27. The maximum absolute atomic E-state index is 6.30. The van der Waals surface area contributed by atoms with E-state index in [9.17, 15) is 0 Å². The molecule has 0 amide bonds. The van der Waals surface area contributed by atoms with Crippen molar-refractivity contribution >= 4 is 0 Å². The Morgan fingerprint density at radius 1 is 1.00 bits per heavy atom. The largest absolute Gasteiger partial charge is 0.327 e. The van der Waals surface area contributed by atoms with Crippen molar-refractivity contribution in [1.82, 2.24) is 4.90 Å². The monoisotopic (exact) mass is 256 g/mol. The molecule has 2 heteroatoms.